The Hall–Kier alpha value is -2.98. The molecule has 150 valence electrons. The lowest BCUT2D eigenvalue weighted by molar-refractivity contribution is -0.121. The van der Waals surface area contributed by atoms with Gasteiger partial charge in [-0.3, -0.25) is 4.79 Å². The molecule has 0 bridgehead atoms. The van der Waals surface area contributed by atoms with Crippen LogP contribution in [0.1, 0.15) is 5.82 Å². The lowest BCUT2D eigenvalue weighted by atomic mass is 10.3. The molecule has 0 atom stereocenters. The van der Waals surface area contributed by atoms with Gasteiger partial charge in [-0.05, 0) is 24.3 Å². The van der Waals surface area contributed by atoms with Crippen molar-refractivity contribution in [3.63, 3.8) is 0 Å². The van der Waals surface area contributed by atoms with Crippen molar-refractivity contribution in [2.45, 2.75) is 12.3 Å². The number of carbonyl (C=O) groups excluding carboxylic acids is 1. The molecule has 0 aliphatic heterocycles. The Morgan fingerprint density at radius 1 is 1.14 bits per heavy atom. The third-order valence-electron chi connectivity index (χ3n) is 4.42. The van der Waals surface area contributed by atoms with Crippen LogP contribution in [-0.4, -0.2) is 34.7 Å². The minimum absolute atomic E-state index is 0.0799. The first kappa shape index (κ1) is 19.3. The quantitative estimate of drug-likeness (QED) is 0.489. The average Bonchev–Trinajstić information content (AvgIpc) is 3.17. The standard InChI is InChI=1S/C19H19N5O3S2/c1-23-15-9-5-6-10-16(15)28-19(23)22-21-18(25)11-24-14-8-4-3-7-13(14)20-17(24)12-29(2,26)27/h3-10H,11-12H2,1-2H3,(H,21,25)/b22-19-. The number of carbonyl (C=O) groups is 1. The van der Waals surface area contributed by atoms with Gasteiger partial charge in [-0.2, -0.15) is 0 Å². The van der Waals surface area contributed by atoms with E-state index in [1.165, 1.54) is 11.3 Å². The largest absolute Gasteiger partial charge is 0.318 e. The van der Waals surface area contributed by atoms with E-state index >= 15 is 0 Å². The zero-order valence-electron chi connectivity index (χ0n) is 15.9. The van der Waals surface area contributed by atoms with Crippen LogP contribution >= 0.6 is 11.3 Å². The van der Waals surface area contributed by atoms with Crippen molar-refractivity contribution >= 4 is 48.3 Å². The Labute approximate surface area is 171 Å². The number of amides is 1. The number of aryl methyl sites for hydroxylation is 1. The van der Waals surface area contributed by atoms with Crippen molar-refractivity contribution in [2.75, 3.05) is 6.26 Å². The van der Waals surface area contributed by atoms with Crippen LogP contribution in [0, 0.1) is 0 Å². The maximum atomic E-state index is 12.6. The Kier molecular flexibility index (Phi) is 4.97. The van der Waals surface area contributed by atoms with Crippen LogP contribution in [0.4, 0.5) is 0 Å². The Morgan fingerprint density at radius 2 is 1.83 bits per heavy atom. The van der Waals surface area contributed by atoms with Crippen LogP contribution in [-0.2, 0) is 34.0 Å². The summed E-state index contributed by atoms with van der Waals surface area (Å²) in [6.07, 6.45) is 1.15. The molecule has 0 fully saturated rings. The molecule has 4 rings (SSSR count). The molecule has 0 saturated heterocycles. The SMILES string of the molecule is Cn1/c(=N/NC(=O)Cn2c(CS(C)(=O)=O)nc3ccccc32)sc2ccccc21. The number of benzene rings is 2. The zero-order valence-corrected chi connectivity index (χ0v) is 17.5. The van der Waals surface area contributed by atoms with Crippen LogP contribution in [0.15, 0.2) is 53.6 Å². The minimum atomic E-state index is -3.30. The first-order chi connectivity index (χ1) is 13.8. The molecule has 0 saturated carbocycles. The van der Waals surface area contributed by atoms with Gasteiger partial charge >= 0.3 is 0 Å². The van der Waals surface area contributed by atoms with Gasteiger partial charge in [-0.25, -0.2) is 18.8 Å². The maximum absolute atomic E-state index is 12.6. The van der Waals surface area contributed by atoms with Gasteiger partial charge in [0.1, 0.15) is 18.1 Å². The van der Waals surface area contributed by atoms with Gasteiger partial charge in [0.05, 0.1) is 21.3 Å². The molecule has 10 heteroatoms. The summed E-state index contributed by atoms with van der Waals surface area (Å²) in [6.45, 7) is -0.0799. The van der Waals surface area contributed by atoms with Crippen molar-refractivity contribution in [3.8, 4) is 0 Å². The highest BCUT2D eigenvalue weighted by Gasteiger charge is 2.17. The summed E-state index contributed by atoms with van der Waals surface area (Å²) in [6, 6.07) is 15.1. The van der Waals surface area contributed by atoms with Crippen molar-refractivity contribution in [3.05, 3.63) is 59.2 Å². The highest BCUT2D eigenvalue weighted by atomic mass is 32.2. The number of nitrogens with zero attached hydrogens (tertiary/aromatic N) is 4. The van der Waals surface area contributed by atoms with Crippen LogP contribution < -0.4 is 10.2 Å². The fourth-order valence-corrected chi connectivity index (χ4v) is 4.79. The normalized spacial score (nSPS) is 12.7. The van der Waals surface area contributed by atoms with Gasteiger partial charge in [-0.1, -0.05) is 35.6 Å². The number of rotatable bonds is 5. The van der Waals surface area contributed by atoms with E-state index in [-0.39, 0.29) is 18.2 Å². The molecule has 2 aromatic carbocycles. The summed E-state index contributed by atoms with van der Waals surface area (Å²) in [5.74, 6) is -0.270. The minimum Gasteiger partial charge on any atom is -0.318 e. The molecule has 0 radical (unpaired) electrons. The van der Waals surface area contributed by atoms with Crippen LogP contribution in [0.25, 0.3) is 21.3 Å². The number of para-hydroxylation sites is 3. The first-order valence-corrected chi connectivity index (χ1v) is 11.7. The van der Waals surface area contributed by atoms with Gasteiger partial charge in [0.15, 0.2) is 9.84 Å². The predicted octanol–water partition coefficient (Wildman–Crippen LogP) is 1.77. The molecule has 0 aliphatic rings. The third kappa shape index (κ3) is 4.08. The third-order valence-corrected chi connectivity index (χ3v) is 6.31. The van der Waals surface area contributed by atoms with E-state index in [9.17, 15) is 13.2 Å². The Balaban J connectivity index is 1.63. The number of aromatic nitrogens is 3. The van der Waals surface area contributed by atoms with E-state index in [4.69, 9.17) is 0 Å². The molecular weight excluding hydrogens is 410 g/mol. The van der Waals surface area contributed by atoms with Gasteiger partial charge in [0.25, 0.3) is 5.91 Å². The van der Waals surface area contributed by atoms with Crippen LogP contribution in [0.3, 0.4) is 0 Å². The molecule has 29 heavy (non-hydrogen) atoms. The van der Waals surface area contributed by atoms with Gasteiger partial charge < -0.3 is 9.13 Å². The highest BCUT2D eigenvalue weighted by molar-refractivity contribution is 7.89. The summed E-state index contributed by atoms with van der Waals surface area (Å²) in [4.78, 5) is 17.6. The van der Waals surface area contributed by atoms with E-state index < -0.39 is 9.84 Å². The topological polar surface area (TPSA) is 98.4 Å². The molecule has 0 aliphatic carbocycles. The van der Waals surface area contributed by atoms with Crippen molar-refractivity contribution in [2.24, 2.45) is 12.1 Å². The number of sulfone groups is 1. The molecule has 2 aromatic heterocycles. The number of hydrogen-bond acceptors (Lipinski definition) is 6. The second kappa shape index (κ2) is 7.45. The number of imidazole rings is 1. The van der Waals surface area contributed by atoms with E-state index in [2.05, 4.69) is 15.5 Å². The van der Waals surface area contributed by atoms with Gasteiger partial charge in [0, 0.05) is 13.3 Å². The summed E-state index contributed by atoms with van der Waals surface area (Å²) >= 11 is 1.47. The summed E-state index contributed by atoms with van der Waals surface area (Å²) < 4.78 is 28.1. The number of hydrogen-bond donors (Lipinski definition) is 1. The summed E-state index contributed by atoms with van der Waals surface area (Å²) in [5.41, 5.74) is 4.95. The molecule has 4 aromatic rings. The zero-order chi connectivity index (χ0) is 20.6. The van der Waals surface area contributed by atoms with Crippen molar-refractivity contribution in [1.29, 1.82) is 0 Å². The number of nitrogens with one attached hydrogen (secondary N) is 1. The van der Waals surface area contributed by atoms with Crippen LogP contribution in [0.2, 0.25) is 0 Å². The molecule has 8 nitrogen and oxygen atoms in total. The van der Waals surface area contributed by atoms with E-state index in [0.717, 1.165) is 16.5 Å². The smallest absolute Gasteiger partial charge is 0.260 e. The predicted molar refractivity (Wildman–Crippen MR) is 113 cm³/mol. The maximum Gasteiger partial charge on any atom is 0.260 e. The fourth-order valence-electron chi connectivity index (χ4n) is 3.12. The Morgan fingerprint density at radius 3 is 2.55 bits per heavy atom. The molecule has 0 spiro atoms. The molecule has 1 amide bonds. The summed E-state index contributed by atoms with van der Waals surface area (Å²) in [5, 5.41) is 4.24. The highest BCUT2D eigenvalue weighted by Crippen LogP contribution is 2.18. The lowest BCUT2D eigenvalue weighted by Crippen LogP contribution is -2.27. The Bertz CT molecular complexity index is 1400. The molecular formula is C19H19N5O3S2. The number of thiazole rings is 1. The van der Waals surface area contributed by atoms with E-state index in [1.54, 1.807) is 10.6 Å². The molecule has 2 heterocycles. The fraction of sp³-hybridized carbons (Fsp3) is 0.211. The monoisotopic (exact) mass is 429 g/mol. The van der Waals surface area contributed by atoms with E-state index in [1.807, 2.05) is 54.1 Å². The van der Waals surface area contributed by atoms with Crippen molar-refractivity contribution < 1.29 is 13.2 Å². The lowest BCUT2D eigenvalue weighted by Gasteiger charge is -2.07. The van der Waals surface area contributed by atoms with Crippen LogP contribution in [0.5, 0.6) is 0 Å². The summed E-state index contributed by atoms with van der Waals surface area (Å²) in [7, 11) is -1.41. The van der Waals surface area contributed by atoms with Crippen molar-refractivity contribution in [1.82, 2.24) is 19.5 Å². The van der Waals surface area contributed by atoms with Gasteiger partial charge in [0.2, 0.25) is 4.80 Å². The second-order valence-electron chi connectivity index (χ2n) is 6.73. The number of fused-ring (bicyclic) bond motifs is 2. The van der Waals surface area contributed by atoms with E-state index in [0.29, 0.717) is 21.7 Å². The molecule has 1 N–H and O–H groups in total. The average molecular weight is 430 g/mol. The second-order valence-corrected chi connectivity index (χ2v) is 9.88. The molecule has 0 unspecified atom stereocenters. The first-order valence-electron chi connectivity index (χ1n) is 8.81. The van der Waals surface area contributed by atoms with Gasteiger partial charge in [-0.15, -0.1) is 5.10 Å².